The molecular weight excluding hydrogens is 256 g/mol. The number of aromatic nitrogens is 2. The highest BCUT2D eigenvalue weighted by Gasteiger charge is 1.94. The van der Waals surface area contributed by atoms with Crippen LogP contribution in [0.25, 0.3) is 0 Å². The molecule has 0 fully saturated rings. The van der Waals surface area contributed by atoms with Crippen LogP contribution in [0.3, 0.4) is 0 Å². The van der Waals surface area contributed by atoms with Crippen LogP contribution in [0.1, 0.15) is 0 Å². The summed E-state index contributed by atoms with van der Waals surface area (Å²) in [6.45, 7) is 0. The first-order valence-electron chi connectivity index (χ1n) is 4.79. The van der Waals surface area contributed by atoms with Gasteiger partial charge in [0, 0.05) is 24.8 Å². The van der Waals surface area contributed by atoms with Gasteiger partial charge in [0.15, 0.2) is 0 Å². The summed E-state index contributed by atoms with van der Waals surface area (Å²) in [6, 6.07) is 11.4. The fraction of sp³-hybridized carbons (Fsp3) is 0.0909. The monoisotopic (exact) mass is 270 g/mol. The van der Waals surface area contributed by atoms with Gasteiger partial charge in [-0.2, -0.15) is 8.42 Å². The first-order valence-corrected chi connectivity index (χ1v) is 6.16. The molecular formula is C11H14N2O4S. The Morgan fingerprint density at radius 1 is 0.833 bits per heavy atom. The van der Waals surface area contributed by atoms with Gasteiger partial charge in [0.05, 0.1) is 7.11 Å². The Balaban J connectivity index is 0.000000241. The van der Waals surface area contributed by atoms with E-state index in [1.54, 1.807) is 24.8 Å². The van der Waals surface area contributed by atoms with E-state index in [1.807, 2.05) is 36.4 Å². The number of rotatable bonds is 1. The van der Waals surface area contributed by atoms with Crippen LogP contribution < -0.4 is 0 Å². The molecule has 0 saturated heterocycles. The van der Waals surface area contributed by atoms with Crippen LogP contribution in [-0.2, 0) is 14.6 Å². The van der Waals surface area contributed by atoms with Crippen LogP contribution in [0, 0.1) is 0 Å². The van der Waals surface area contributed by atoms with Crippen molar-refractivity contribution in [1.82, 2.24) is 9.97 Å². The number of hydrogen-bond acceptors (Lipinski definition) is 5. The van der Waals surface area contributed by atoms with Crippen LogP contribution in [0.4, 0.5) is 0 Å². The first-order chi connectivity index (χ1) is 8.56. The lowest BCUT2D eigenvalue weighted by Gasteiger charge is -1.82. The maximum absolute atomic E-state index is 9.33. The van der Waals surface area contributed by atoms with Crippen molar-refractivity contribution in [3.05, 3.63) is 61.2 Å². The van der Waals surface area contributed by atoms with Gasteiger partial charge in [-0.15, -0.1) is 0 Å². The molecule has 2 aromatic heterocycles. The van der Waals surface area contributed by atoms with E-state index in [9.17, 15) is 8.42 Å². The molecule has 0 amide bonds. The molecule has 0 aliphatic carbocycles. The van der Waals surface area contributed by atoms with Gasteiger partial charge in [0.1, 0.15) is 0 Å². The largest absolute Gasteiger partial charge is 0.397 e. The Hall–Kier alpha value is -1.83. The highest BCUT2D eigenvalue weighted by atomic mass is 32.3. The number of hydrogen-bond donors (Lipinski definition) is 1. The molecule has 0 spiro atoms. The Morgan fingerprint density at radius 3 is 1.17 bits per heavy atom. The highest BCUT2D eigenvalue weighted by molar-refractivity contribution is 7.80. The maximum Gasteiger partial charge on any atom is 0.397 e. The van der Waals surface area contributed by atoms with Gasteiger partial charge in [-0.3, -0.25) is 18.7 Å². The molecule has 0 aliphatic heterocycles. The molecule has 0 aliphatic rings. The van der Waals surface area contributed by atoms with Gasteiger partial charge in [0.2, 0.25) is 0 Å². The summed E-state index contributed by atoms with van der Waals surface area (Å²) in [5.74, 6) is 0. The van der Waals surface area contributed by atoms with E-state index in [0.717, 1.165) is 7.11 Å². The lowest BCUT2D eigenvalue weighted by atomic mass is 10.5. The van der Waals surface area contributed by atoms with E-state index in [4.69, 9.17) is 4.55 Å². The molecule has 0 aromatic carbocycles. The van der Waals surface area contributed by atoms with Crippen molar-refractivity contribution in [2.24, 2.45) is 0 Å². The minimum atomic E-state index is -4.16. The quantitative estimate of drug-likeness (QED) is 0.792. The van der Waals surface area contributed by atoms with Crippen molar-refractivity contribution in [1.29, 1.82) is 0 Å². The molecule has 0 unspecified atom stereocenters. The minimum Gasteiger partial charge on any atom is -0.265 e. The van der Waals surface area contributed by atoms with E-state index in [2.05, 4.69) is 14.2 Å². The third-order valence-corrected chi connectivity index (χ3v) is 1.76. The van der Waals surface area contributed by atoms with Gasteiger partial charge in [-0.1, -0.05) is 12.1 Å². The summed E-state index contributed by atoms with van der Waals surface area (Å²) >= 11 is 0. The van der Waals surface area contributed by atoms with Crippen LogP contribution in [0.5, 0.6) is 0 Å². The summed E-state index contributed by atoms with van der Waals surface area (Å²) in [5, 5.41) is 0. The van der Waals surface area contributed by atoms with Gasteiger partial charge < -0.3 is 0 Å². The summed E-state index contributed by atoms with van der Waals surface area (Å²) < 4.78 is 29.7. The zero-order valence-corrected chi connectivity index (χ0v) is 10.6. The zero-order chi connectivity index (χ0) is 13.7. The molecule has 1 N–H and O–H groups in total. The maximum atomic E-state index is 9.33. The van der Waals surface area contributed by atoms with Crippen molar-refractivity contribution < 1.29 is 17.2 Å². The van der Waals surface area contributed by atoms with Crippen molar-refractivity contribution in [2.45, 2.75) is 0 Å². The van der Waals surface area contributed by atoms with Crippen LogP contribution in [0.2, 0.25) is 0 Å². The molecule has 2 rings (SSSR count). The summed E-state index contributed by atoms with van der Waals surface area (Å²) in [7, 11) is -3.29. The predicted molar refractivity (Wildman–Crippen MR) is 67.0 cm³/mol. The summed E-state index contributed by atoms with van der Waals surface area (Å²) in [5.41, 5.74) is 0. The second kappa shape index (κ2) is 10.3. The first kappa shape index (κ1) is 16.2. The molecule has 6 nitrogen and oxygen atoms in total. The van der Waals surface area contributed by atoms with Gasteiger partial charge in [-0.25, -0.2) is 0 Å². The van der Waals surface area contributed by atoms with Gasteiger partial charge in [0.25, 0.3) is 0 Å². The average molecular weight is 270 g/mol. The average Bonchev–Trinajstić information content (AvgIpc) is 2.43. The lowest BCUT2D eigenvalue weighted by molar-refractivity contribution is 0.324. The third kappa shape index (κ3) is 14.2. The lowest BCUT2D eigenvalue weighted by Crippen LogP contribution is -1.96. The minimum absolute atomic E-state index is 0.870. The normalized spacial score (nSPS) is 9.22. The molecule has 18 heavy (non-hydrogen) atoms. The van der Waals surface area contributed by atoms with Crippen molar-refractivity contribution in [2.75, 3.05) is 7.11 Å². The topological polar surface area (TPSA) is 89.4 Å². The third-order valence-electron chi connectivity index (χ3n) is 1.34. The van der Waals surface area contributed by atoms with Crippen LogP contribution >= 0.6 is 0 Å². The molecule has 98 valence electrons. The van der Waals surface area contributed by atoms with E-state index < -0.39 is 10.4 Å². The van der Waals surface area contributed by atoms with Crippen LogP contribution in [-0.4, -0.2) is 30.0 Å². The molecule has 0 bridgehead atoms. The van der Waals surface area contributed by atoms with Gasteiger partial charge >= 0.3 is 10.4 Å². The molecule has 0 radical (unpaired) electrons. The SMILES string of the molecule is COS(=O)(=O)O.c1ccncc1.c1ccncc1. The molecule has 7 heteroatoms. The number of pyridine rings is 2. The fourth-order valence-electron chi connectivity index (χ4n) is 0.625. The molecule has 0 saturated carbocycles. The number of nitrogens with zero attached hydrogens (tertiary/aromatic N) is 2. The van der Waals surface area contributed by atoms with Gasteiger partial charge in [-0.05, 0) is 24.3 Å². The fourth-order valence-corrected chi connectivity index (χ4v) is 0.625. The predicted octanol–water partition coefficient (Wildman–Crippen LogP) is 1.60. The highest BCUT2D eigenvalue weighted by Crippen LogP contribution is 1.75. The van der Waals surface area contributed by atoms with E-state index in [1.165, 1.54) is 0 Å². The zero-order valence-electron chi connectivity index (χ0n) is 9.75. The van der Waals surface area contributed by atoms with E-state index in [-0.39, 0.29) is 0 Å². The smallest absolute Gasteiger partial charge is 0.265 e. The van der Waals surface area contributed by atoms with E-state index >= 15 is 0 Å². The summed E-state index contributed by atoms with van der Waals surface area (Å²) in [4.78, 5) is 7.57. The second-order valence-electron chi connectivity index (χ2n) is 2.64. The van der Waals surface area contributed by atoms with Crippen molar-refractivity contribution in [3.8, 4) is 0 Å². The molecule has 2 aromatic rings. The Morgan fingerprint density at radius 2 is 1.11 bits per heavy atom. The van der Waals surface area contributed by atoms with Crippen molar-refractivity contribution in [3.63, 3.8) is 0 Å². The molecule has 0 atom stereocenters. The standard InChI is InChI=1S/2C5H5N.CH4O4S/c2*1-2-4-6-5-3-1;1-5-6(2,3)4/h2*1-5H;1H3,(H,2,3,4). The Bertz CT molecular complexity index is 392. The molecule has 2 heterocycles. The Labute approximate surface area is 106 Å². The van der Waals surface area contributed by atoms with Crippen molar-refractivity contribution >= 4 is 10.4 Å². The Kier molecular flexibility index (Phi) is 9.28. The second-order valence-corrected chi connectivity index (χ2v) is 3.83. The van der Waals surface area contributed by atoms with Crippen LogP contribution in [0.15, 0.2) is 61.2 Å². The summed E-state index contributed by atoms with van der Waals surface area (Å²) in [6.07, 6.45) is 7.00. The van der Waals surface area contributed by atoms with E-state index in [0.29, 0.717) is 0 Å².